The van der Waals surface area contributed by atoms with Gasteiger partial charge >= 0.3 is 5.97 Å². The summed E-state index contributed by atoms with van der Waals surface area (Å²) in [6, 6.07) is 1.66. The van der Waals surface area contributed by atoms with Crippen LogP contribution in [0.25, 0.3) is 11.4 Å². The number of hydrogen-bond acceptors (Lipinski definition) is 5. The van der Waals surface area contributed by atoms with Crippen LogP contribution in [-0.2, 0) is 10.3 Å². The minimum atomic E-state index is -1.19. The molecule has 0 spiro atoms. The summed E-state index contributed by atoms with van der Waals surface area (Å²) in [4.78, 5) is 15.6. The molecule has 20 heavy (non-hydrogen) atoms. The molecule has 7 nitrogen and oxygen atoms in total. The van der Waals surface area contributed by atoms with Gasteiger partial charge in [0.2, 0.25) is 0 Å². The second-order valence-electron chi connectivity index (χ2n) is 4.31. The first-order chi connectivity index (χ1) is 9.56. The van der Waals surface area contributed by atoms with E-state index in [4.69, 9.17) is 11.6 Å². The molecule has 0 saturated carbocycles. The van der Waals surface area contributed by atoms with Crippen LogP contribution in [-0.4, -0.2) is 36.3 Å². The van der Waals surface area contributed by atoms with Gasteiger partial charge in [-0.1, -0.05) is 25.4 Å². The molecular weight excluding hydrogens is 282 g/mol. The lowest BCUT2D eigenvalue weighted by molar-refractivity contribution is -0.148. The lowest BCUT2D eigenvalue weighted by atomic mass is 9.93. The van der Waals surface area contributed by atoms with Gasteiger partial charge in [0.1, 0.15) is 0 Å². The molecule has 0 aliphatic carbocycles. The molecule has 2 aromatic rings. The van der Waals surface area contributed by atoms with E-state index in [1.807, 2.05) is 0 Å². The highest BCUT2D eigenvalue weighted by atomic mass is 35.5. The van der Waals surface area contributed by atoms with E-state index in [2.05, 4.69) is 20.5 Å². The maximum atomic E-state index is 11.7. The lowest BCUT2D eigenvalue weighted by Crippen LogP contribution is -2.42. The second kappa shape index (κ2) is 5.54. The summed E-state index contributed by atoms with van der Waals surface area (Å²) in [5.41, 5.74) is -0.634. The van der Waals surface area contributed by atoms with Gasteiger partial charge in [-0.05, 0) is 29.3 Å². The number of pyridine rings is 1. The molecule has 0 aromatic carbocycles. The van der Waals surface area contributed by atoms with Crippen molar-refractivity contribution in [3.8, 4) is 11.4 Å². The van der Waals surface area contributed by atoms with Crippen LogP contribution in [0.5, 0.6) is 0 Å². The van der Waals surface area contributed by atoms with E-state index in [1.165, 1.54) is 10.9 Å². The number of carboxylic acid groups (broad SMARTS) is 1. The van der Waals surface area contributed by atoms with Gasteiger partial charge in [-0.2, -0.15) is 0 Å². The van der Waals surface area contributed by atoms with Crippen LogP contribution in [0.3, 0.4) is 0 Å². The molecule has 0 bridgehead atoms. The largest absolute Gasteiger partial charge is 0.479 e. The molecule has 0 amide bonds. The van der Waals surface area contributed by atoms with Gasteiger partial charge in [0, 0.05) is 18.0 Å². The van der Waals surface area contributed by atoms with Gasteiger partial charge < -0.3 is 5.11 Å². The van der Waals surface area contributed by atoms with Crippen LogP contribution in [0.15, 0.2) is 18.5 Å². The lowest BCUT2D eigenvalue weighted by Gasteiger charge is -2.27. The van der Waals surface area contributed by atoms with Crippen molar-refractivity contribution in [2.24, 2.45) is 0 Å². The van der Waals surface area contributed by atoms with Crippen molar-refractivity contribution in [3.05, 3.63) is 23.5 Å². The van der Waals surface area contributed by atoms with E-state index >= 15 is 0 Å². The zero-order valence-electron chi connectivity index (χ0n) is 11.1. The number of nitrogens with zero attached hydrogens (tertiary/aromatic N) is 5. The Morgan fingerprint density at radius 2 is 2.15 bits per heavy atom. The van der Waals surface area contributed by atoms with E-state index < -0.39 is 11.5 Å². The predicted octanol–water partition coefficient (Wildman–Crippen LogP) is 1.99. The Morgan fingerprint density at radius 3 is 2.70 bits per heavy atom. The quantitative estimate of drug-likeness (QED) is 0.906. The Labute approximate surface area is 120 Å². The number of hydrogen-bond donors (Lipinski definition) is 1. The van der Waals surface area contributed by atoms with Gasteiger partial charge in [-0.3, -0.25) is 4.98 Å². The Hall–Kier alpha value is -2.02. The fraction of sp³-hybridized carbons (Fsp3) is 0.417. The first-order valence-electron chi connectivity index (χ1n) is 6.19. The summed E-state index contributed by atoms with van der Waals surface area (Å²) in [6.45, 7) is 3.58. The van der Waals surface area contributed by atoms with Crippen molar-refractivity contribution >= 4 is 17.6 Å². The van der Waals surface area contributed by atoms with E-state index in [0.717, 1.165) is 0 Å². The third-order valence-corrected chi connectivity index (χ3v) is 3.76. The average molecular weight is 296 g/mol. The third-order valence-electron chi connectivity index (χ3n) is 3.46. The summed E-state index contributed by atoms with van der Waals surface area (Å²) >= 11 is 6.08. The number of aromatic nitrogens is 5. The van der Waals surface area contributed by atoms with Crippen LogP contribution in [0.1, 0.15) is 26.7 Å². The van der Waals surface area contributed by atoms with E-state index in [1.54, 1.807) is 26.1 Å². The number of aliphatic carboxylic acids is 1. The molecule has 0 aliphatic rings. The predicted molar refractivity (Wildman–Crippen MR) is 72.2 cm³/mol. The molecule has 8 heteroatoms. The van der Waals surface area contributed by atoms with Gasteiger partial charge in [0.25, 0.3) is 0 Å². The fourth-order valence-corrected chi connectivity index (χ4v) is 2.35. The average Bonchev–Trinajstić information content (AvgIpc) is 2.91. The fourth-order valence-electron chi connectivity index (χ4n) is 2.14. The normalized spacial score (nSPS) is 11.6. The van der Waals surface area contributed by atoms with Gasteiger partial charge in [0.05, 0.1) is 5.02 Å². The van der Waals surface area contributed by atoms with Crippen LogP contribution >= 0.6 is 11.6 Å². The second-order valence-corrected chi connectivity index (χ2v) is 4.72. The third kappa shape index (κ3) is 2.14. The topological polar surface area (TPSA) is 93.8 Å². The summed E-state index contributed by atoms with van der Waals surface area (Å²) in [6.07, 6.45) is 3.75. The summed E-state index contributed by atoms with van der Waals surface area (Å²) in [5, 5.41) is 21.3. The Balaban J connectivity index is 2.64. The van der Waals surface area contributed by atoms with Crippen molar-refractivity contribution in [2.45, 2.75) is 32.2 Å². The maximum Gasteiger partial charge on any atom is 0.331 e. The Morgan fingerprint density at radius 1 is 1.45 bits per heavy atom. The number of carbonyl (C=O) groups is 1. The number of halogens is 1. The Bertz CT molecular complexity index is 624. The van der Waals surface area contributed by atoms with Crippen molar-refractivity contribution in [3.63, 3.8) is 0 Å². The molecular formula is C12H14ClN5O2. The molecule has 0 unspecified atom stereocenters. The summed E-state index contributed by atoms with van der Waals surface area (Å²) in [5.74, 6) is -0.648. The number of rotatable bonds is 5. The van der Waals surface area contributed by atoms with Crippen LogP contribution in [0, 0.1) is 0 Å². The summed E-state index contributed by atoms with van der Waals surface area (Å²) < 4.78 is 1.33. The minimum Gasteiger partial charge on any atom is -0.479 e. The molecule has 2 heterocycles. The molecule has 106 valence electrons. The van der Waals surface area contributed by atoms with Crippen molar-refractivity contribution in [2.75, 3.05) is 0 Å². The highest BCUT2D eigenvalue weighted by molar-refractivity contribution is 6.33. The van der Waals surface area contributed by atoms with Crippen molar-refractivity contribution in [1.29, 1.82) is 0 Å². The smallest absolute Gasteiger partial charge is 0.331 e. The van der Waals surface area contributed by atoms with Crippen molar-refractivity contribution in [1.82, 2.24) is 25.2 Å². The molecule has 0 atom stereocenters. The van der Waals surface area contributed by atoms with Crippen molar-refractivity contribution < 1.29 is 9.90 Å². The standard InChI is InChI=1S/C12H14ClN5O2/c1-3-12(4-2,11(19)20)18-10(15-16-17-18)8-5-6-14-7-9(8)13/h5-7H,3-4H2,1-2H3,(H,19,20). The molecule has 1 N–H and O–H groups in total. The zero-order chi connectivity index (χ0) is 14.8. The van der Waals surface area contributed by atoms with Gasteiger partial charge in [-0.15, -0.1) is 5.10 Å². The van der Waals surface area contributed by atoms with Crippen LogP contribution < -0.4 is 0 Å². The van der Waals surface area contributed by atoms with Gasteiger partial charge in [-0.25, -0.2) is 9.48 Å². The van der Waals surface area contributed by atoms with Crippen LogP contribution in [0.2, 0.25) is 5.02 Å². The van der Waals surface area contributed by atoms with Crippen LogP contribution in [0.4, 0.5) is 0 Å². The first kappa shape index (κ1) is 14.4. The molecule has 2 aromatic heterocycles. The first-order valence-corrected chi connectivity index (χ1v) is 6.56. The minimum absolute atomic E-state index is 0.323. The molecule has 0 fully saturated rings. The SMILES string of the molecule is CCC(CC)(C(=O)O)n1nnnc1-c1ccncc1Cl. The zero-order valence-corrected chi connectivity index (χ0v) is 11.9. The monoisotopic (exact) mass is 295 g/mol. The van der Waals surface area contributed by atoms with Gasteiger partial charge in [0.15, 0.2) is 11.4 Å². The summed E-state index contributed by atoms with van der Waals surface area (Å²) in [7, 11) is 0. The van der Waals surface area contributed by atoms with E-state index in [0.29, 0.717) is 29.3 Å². The highest BCUT2D eigenvalue weighted by Gasteiger charge is 2.40. The number of carboxylic acids is 1. The molecule has 0 radical (unpaired) electrons. The van der Waals surface area contributed by atoms with E-state index in [-0.39, 0.29) is 0 Å². The highest BCUT2D eigenvalue weighted by Crippen LogP contribution is 2.31. The number of tetrazole rings is 1. The molecule has 0 saturated heterocycles. The maximum absolute atomic E-state index is 11.7. The molecule has 2 rings (SSSR count). The van der Waals surface area contributed by atoms with E-state index in [9.17, 15) is 9.90 Å². The molecule has 0 aliphatic heterocycles. The Kier molecular flexibility index (Phi) is 3.99.